The van der Waals surface area contributed by atoms with E-state index in [0.29, 0.717) is 28.3 Å². The fourth-order valence-corrected chi connectivity index (χ4v) is 2.35. The summed E-state index contributed by atoms with van der Waals surface area (Å²) in [6.07, 6.45) is 0. The molecule has 0 saturated heterocycles. The predicted octanol–water partition coefficient (Wildman–Crippen LogP) is 1.57. The van der Waals surface area contributed by atoms with Crippen LogP contribution in [0.2, 0.25) is 0 Å². The molecule has 0 aliphatic carbocycles. The van der Waals surface area contributed by atoms with E-state index < -0.39 is 17.8 Å². The van der Waals surface area contributed by atoms with Gasteiger partial charge < -0.3 is 24.8 Å². The smallest absolute Gasteiger partial charge is 0.337 e. The molecular weight excluding hydrogens is 340 g/mol. The van der Waals surface area contributed by atoms with E-state index >= 15 is 0 Å². The molecular formula is C18H16N2O6. The molecule has 0 aromatic heterocycles. The molecule has 1 aliphatic rings. The maximum atomic E-state index is 12.1. The summed E-state index contributed by atoms with van der Waals surface area (Å²) in [5.74, 6) is -0.286. The highest BCUT2D eigenvalue weighted by Gasteiger charge is 2.16. The molecule has 0 unspecified atom stereocenters. The summed E-state index contributed by atoms with van der Waals surface area (Å²) in [4.78, 5) is 35.6. The molecule has 2 aromatic rings. The van der Waals surface area contributed by atoms with Gasteiger partial charge in [-0.3, -0.25) is 9.59 Å². The van der Waals surface area contributed by atoms with Crippen molar-refractivity contribution >= 4 is 23.5 Å². The summed E-state index contributed by atoms with van der Waals surface area (Å²) in [5, 5.41) is 5.12. The first kappa shape index (κ1) is 17.3. The fraction of sp³-hybridized carbons (Fsp3) is 0.167. The first-order valence-electron chi connectivity index (χ1n) is 7.73. The minimum absolute atomic E-state index is 0.119. The number of amides is 2. The number of hydrogen-bond donors (Lipinski definition) is 2. The van der Waals surface area contributed by atoms with Crippen LogP contribution < -0.4 is 20.1 Å². The van der Waals surface area contributed by atoms with Crippen LogP contribution in [-0.4, -0.2) is 38.2 Å². The van der Waals surface area contributed by atoms with E-state index in [-0.39, 0.29) is 13.3 Å². The van der Waals surface area contributed by atoms with E-state index in [9.17, 15) is 14.4 Å². The zero-order valence-corrected chi connectivity index (χ0v) is 13.9. The highest BCUT2D eigenvalue weighted by molar-refractivity contribution is 6.00. The van der Waals surface area contributed by atoms with Crippen molar-refractivity contribution in [3.63, 3.8) is 0 Å². The van der Waals surface area contributed by atoms with Gasteiger partial charge in [-0.25, -0.2) is 4.79 Å². The fourth-order valence-electron chi connectivity index (χ4n) is 2.35. The van der Waals surface area contributed by atoms with E-state index in [1.165, 1.54) is 13.2 Å². The summed E-state index contributed by atoms with van der Waals surface area (Å²) >= 11 is 0. The van der Waals surface area contributed by atoms with Gasteiger partial charge >= 0.3 is 5.97 Å². The van der Waals surface area contributed by atoms with Crippen molar-refractivity contribution in [3.05, 3.63) is 53.6 Å². The molecule has 0 fully saturated rings. The van der Waals surface area contributed by atoms with Crippen LogP contribution in [0.25, 0.3) is 0 Å². The first-order chi connectivity index (χ1) is 12.6. The van der Waals surface area contributed by atoms with Crippen LogP contribution in [0.15, 0.2) is 42.5 Å². The van der Waals surface area contributed by atoms with Crippen LogP contribution in [-0.2, 0) is 9.53 Å². The number of nitrogens with one attached hydrogen (secondary N) is 2. The van der Waals surface area contributed by atoms with Crippen molar-refractivity contribution in [2.45, 2.75) is 0 Å². The van der Waals surface area contributed by atoms with Crippen LogP contribution in [0.4, 0.5) is 5.69 Å². The largest absolute Gasteiger partial charge is 0.465 e. The Balaban J connectivity index is 1.55. The molecule has 1 aliphatic heterocycles. The second-order valence-corrected chi connectivity index (χ2v) is 5.37. The number of benzene rings is 2. The monoisotopic (exact) mass is 356 g/mol. The Morgan fingerprint density at radius 1 is 1.04 bits per heavy atom. The van der Waals surface area contributed by atoms with Crippen LogP contribution >= 0.6 is 0 Å². The van der Waals surface area contributed by atoms with Gasteiger partial charge in [0.15, 0.2) is 11.5 Å². The Morgan fingerprint density at radius 2 is 1.85 bits per heavy atom. The molecule has 1 heterocycles. The van der Waals surface area contributed by atoms with Crippen LogP contribution in [0.3, 0.4) is 0 Å². The lowest BCUT2D eigenvalue weighted by molar-refractivity contribution is -0.115. The topological polar surface area (TPSA) is 103 Å². The minimum Gasteiger partial charge on any atom is -0.465 e. The van der Waals surface area contributed by atoms with E-state index in [1.807, 2.05) is 0 Å². The van der Waals surface area contributed by atoms with Gasteiger partial charge in [0.05, 0.1) is 19.2 Å². The Bertz CT molecular complexity index is 865. The van der Waals surface area contributed by atoms with Gasteiger partial charge in [-0.2, -0.15) is 0 Å². The lowest BCUT2D eigenvalue weighted by Gasteiger charge is -2.08. The molecule has 0 spiro atoms. The molecule has 134 valence electrons. The highest BCUT2D eigenvalue weighted by atomic mass is 16.7. The Morgan fingerprint density at radius 3 is 2.65 bits per heavy atom. The number of anilines is 1. The molecule has 2 N–H and O–H groups in total. The lowest BCUT2D eigenvalue weighted by atomic mass is 10.2. The van der Waals surface area contributed by atoms with Gasteiger partial charge in [-0.05, 0) is 36.4 Å². The van der Waals surface area contributed by atoms with Crippen molar-refractivity contribution in [1.82, 2.24) is 5.32 Å². The molecule has 8 heteroatoms. The Kier molecular flexibility index (Phi) is 5.02. The quantitative estimate of drug-likeness (QED) is 0.789. The van der Waals surface area contributed by atoms with Crippen molar-refractivity contribution < 1.29 is 28.6 Å². The summed E-state index contributed by atoms with van der Waals surface area (Å²) in [6.45, 7) is -0.108. The average Bonchev–Trinajstić information content (AvgIpc) is 3.13. The summed E-state index contributed by atoms with van der Waals surface area (Å²) in [5.41, 5.74) is 1.10. The van der Waals surface area contributed by atoms with Gasteiger partial charge in [0.2, 0.25) is 12.7 Å². The highest BCUT2D eigenvalue weighted by Crippen LogP contribution is 2.32. The van der Waals surface area contributed by atoms with Gasteiger partial charge in [0.25, 0.3) is 5.91 Å². The number of rotatable bonds is 5. The van der Waals surface area contributed by atoms with Crippen LogP contribution in [0, 0.1) is 0 Å². The van der Waals surface area contributed by atoms with Gasteiger partial charge in [0, 0.05) is 11.3 Å². The number of ether oxygens (including phenoxy) is 3. The zero-order chi connectivity index (χ0) is 18.5. The van der Waals surface area contributed by atoms with Crippen LogP contribution in [0.5, 0.6) is 11.5 Å². The number of esters is 1. The second kappa shape index (κ2) is 7.56. The van der Waals surface area contributed by atoms with E-state index in [0.717, 1.165) is 0 Å². The van der Waals surface area contributed by atoms with Crippen molar-refractivity contribution in [2.75, 3.05) is 25.8 Å². The number of methoxy groups -OCH3 is 1. The lowest BCUT2D eigenvalue weighted by Crippen LogP contribution is -2.32. The summed E-state index contributed by atoms with van der Waals surface area (Å²) < 4.78 is 15.0. The maximum Gasteiger partial charge on any atom is 0.337 e. The molecule has 0 atom stereocenters. The van der Waals surface area contributed by atoms with Gasteiger partial charge in [0.1, 0.15) is 0 Å². The van der Waals surface area contributed by atoms with E-state index in [2.05, 4.69) is 15.4 Å². The molecule has 3 rings (SSSR count). The van der Waals surface area contributed by atoms with Crippen molar-refractivity contribution in [3.8, 4) is 11.5 Å². The summed E-state index contributed by atoms with van der Waals surface area (Å²) in [6, 6.07) is 11.1. The van der Waals surface area contributed by atoms with Gasteiger partial charge in [-0.1, -0.05) is 6.07 Å². The number of hydrogen-bond acceptors (Lipinski definition) is 6. The average molecular weight is 356 g/mol. The standard InChI is InChI=1S/C18H16N2O6/c1-24-18(23)12-3-2-4-13(7-12)20-16(21)9-19-17(22)11-5-6-14-15(8-11)26-10-25-14/h2-8H,9-10H2,1H3,(H,19,22)(H,20,21). The number of carbonyl (C=O) groups excluding carboxylic acids is 3. The van der Waals surface area contributed by atoms with Crippen LogP contribution in [0.1, 0.15) is 20.7 Å². The minimum atomic E-state index is -0.503. The third kappa shape index (κ3) is 3.92. The van der Waals surface area contributed by atoms with Crippen molar-refractivity contribution in [2.24, 2.45) is 0 Å². The predicted molar refractivity (Wildman–Crippen MR) is 91.3 cm³/mol. The Hall–Kier alpha value is -3.55. The SMILES string of the molecule is COC(=O)c1cccc(NC(=O)CNC(=O)c2ccc3c(c2)OCO3)c1. The van der Waals surface area contributed by atoms with Crippen molar-refractivity contribution in [1.29, 1.82) is 0 Å². The molecule has 8 nitrogen and oxygen atoms in total. The number of carbonyl (C=O) groups is 3. The molecule has 0 saturated carbocycles. The Labute approximate surface area is 149 Å². The molecule has 0 bridgehead atoms. The van der Waals surface area contributed by atoms with Gasteiger partial charge in [-0.15, -0.1) is 0 Å². The number of fused-ring (bicyclic) bond motifs is 1. The zero-order valence-electron chi connectivity index (χ0n) is 13.9. The molecule has 26 heavy (non-hydrogen) atoms. The third-order valence-corrected chi connectivity index (χ3v) is 3.61. The maximum absolute atomic E-state index is 12.1. The molecule has 2 aromatic carbocycles. The molecule has 2 amide bonds. The first-order valence-corrected chi connectivity index (χ1v) is 7.73. The van der Waals surface area contributed by atoms with E-state index in [4.69, 9.17) is 9.47 Å². The molecule has 0 radical (unpaired) electrons. The second-order valence-electron chi connectivity index (χ2n) is 5.37. The normalized spacial score (nSPS) is 11.6. The third-order valence-electron chi connectivity index (χ3n) is 3.61. The summed E-state index contributed by atoms with van der Waals surface area (Å²) in [7, 11) is 1.28. The van der Waals surface area contributed by atoms with E-state index in [1.54, 1.807) is 36.4 Å².